The topological polar surface area (TPSA) is 145 Å². The Morgan fingerprint density at radius 2 is 1.61 bits per heavy atom. The standard InChI is InChI=1S/C15H12O8/c16-8-4-11(18)9(6-14(20)21)13(5-8)23-15(22)7-1-2-10(17)12(19)3-7/h1-5,16-19H,6H2,(H,20,21). The van der Waals surface area contributed by atoms with E-state index in [1.54, 1.807) is 0 Å². The third-order valence-electron chi connectivity index (χ3n) is 2.91. The van der Waals surface area contributed by atoms with Crippen molar-refractivity contribution in [2.24, 2.45) is 0 Å². The van der Waals surface area contributed by atoms with E-state index in [9.17, 15) is 30.0 Å². The third-order valence-corrected chi connectivity index (χ3v) is 2.91. The maximum Gasteiger partial charge on any atom is 0.343 e. The maximum absolute atomic E-state index is 12.0. The lowest BCUT2D eigenvalue weighted by atomic mass is 10.1. The highest BCUT2D eigenvalue weighted by Crippen LogP contribution is 2.34. The van der Waals surface area contributed by atoms with Crippen LogP contribution in [0, 0.1) is 0 Å². The van der Waals surface area contributed by atoms with Gasteiger partial charge in [-0.15, -0.1) is 0 Å². The van der Waals surface area contributed by atoms with Gasteiger partial charge in [-0.05, 0) is 18.2 Å². The lowest BCUT2D eigenvalue weighted by molar-refractivity contribution is -0.136. The van der Waals surface area contributed by atoms with Crippen molar-refractivity contribution < 1.29 is 39.9 Å². The number of esters is 1. The molecule has 8 nitrogen and oxygen atoms in total. The van der Waals surface area contributed by atoms with Gasteiger partial charge in [0, 0.05) is 17.7 Å². The molecule has 0 aliphatic heterocycles. The van der Waals surface area contributed by atoms with E-state index in [1.165, 1.54) is 6.07 Å². The first-order valence-corrected chi connectivity index (χ1v) is 6.28. The van der Waals surface area contributed by atoms with Gasteiger partial charge in [0.15, 0.2) is 11.5 Å². The van der Waals surface area contributed by atoms with Crippen LogP contribution in [-0.4, -0.2) is 37.5 Å². The molecule has 23 heavy (non-hydrogen) atoms. The minimum atomic E-state index is -1.27. The van der Waals surface area contributed by atoms with E-state index in [0.29, 0.717) is 0 Å². The minimum absolute atomic E-state index is 0.121. The summed E-state index contributed by atoms with van der Waals surface area (Å²) in [6, 6.07) is 5.11. The van der Waals surface area contributed by atoms with Gasteiger partial charge in [-0.1, -0.05) is 0 Å². The molecule has 0 aliphatic carbocycles. The number of aliphatic carboxylic acids is 1. The summed E-state index contributed by atoms with van der Waals surface area (Å²) >= 11 is 0. The van der Waals surface area contributed by atoms with Crippen LogP contribution >= 0.6 is 0 Å². The number of carbonyl (C=O) groups excluding carboxylic acids is 1. The van der Waals surface area contributed by atoms with Crippen molar-refractivity contribution in [3.63, 3.8) is 0 Å². The zero-order chi connectivity index (χ0) is 17.1. The van der Waals surface area contributed by atoms with Crippen LogP contribution in [0.3, 0.4) is 0 Å². The Bertz CT molecular complexity index is 781. The quantitative estimate of drug-likeness (QED) is 0.322. The number of carbonyl (C=O) groups is 2. The first-order valence-electron chi connectivity index (χ1n) is 6.28. The summed E-state index contributed by atoms with van der Waals surface area (Å²) < 4.78 is 4.97. The normalized spacial score (nSPS) is 10.3. The van der Waals surface area contributed by atoms with Crippen LogP contribution in [0.2, 0.25) is 0 Å². The number of aromatic hydroxyl groups is 4. The molecule has 0 saturated heterocycles. The molecule has 0 heterocycles. The Morgan fingerprint density at radius 1 is 0.913 bits per heavy atom. The van der Waals surface area contributed by atoms with Gasteiger partial charge in [-0.2, -0.15) is 0 Å². The van der Waals surface area contributed by atoms with Crippen molar-refractivity contribution in [2.75, 3.05) is 0 Å². The second kappa shape index (κ2) is 6.14. The summed E-state index contributed by atoms with van der Waals surface area (Å²) in [5, 5.41) is 46.5. The van der Waals surface area contributed by atoms with Gasteiger partial charge < -0.3 is 30.3 Å². The number of phenols is 4. The highest BCUT2D eigenvalue weighted by Gasteiger charge is 2.19. The summed E-state index contributed by atoms with van der Waals surface area (Å²) in [5.41, 5.74) is -0.309. The molecule has 0 bridgehead atoms. The zero-order valence-corrected chi connectivity index (χ0v) is 11.6. The van der Waals surface area contributed by atoms with Crippen LogP contribution in [0.1, 0.15) is 15.9 Å². The van der Waals surface area contributed by atoms with Crippen LogP contribution in [0.5, 0.6) is 28.7 Å². The second-order valence-electron chi connectivity index (χ2n) is 4.61. The van der Waals surface area contributed by atoms with E-state index >= 15 is 0 Å². The molecule has 0 aromatic heterocycles. The largest absolute Gasteiger partial charge is 0.508 e. The molecule has 0 atom stereocenters. The molecular weight excluding hydrogens is 308 g/mol. The zero-order valence-electron chi connectivity index (χ0n) is 11.6. The summed E-state index contributed by atoms with van der Waals surface area (Å²) in [6.45, 7) is 0. The summed E-state index contributed by atoms with van der Waals surface area (Å²) in [5.74, 6) is -4.51. The molecule has 0 amide bonds. The van der Waals surface area contributed by atoms with E-state index in [2.05, 4.69) is 0 Å². The second-order valence-corrected chi connectivity index (χ2v) is 4.61. The lowest BCUT2D eigenvalue weighted by Crippen LogP contribution is -2.11. The fraction of sp³-hybridized carbons (Fsp3) is 0.0667. The van der Waals surface area contributed by atoms with E-state index in [-0.39, 0.29) is 16.9 Å². The number of carboxylic acids is 1. The smallest absolute Gasteiger partial charge is 0.343 e. The lowest BCUT2D eigenvalue weighted by Gasteiger charge is -2.11. The molecule has 0 aliphatic rings. The first kappa shape index (κ1) is 16.0. The Morgan fingerprint density at radius 3 is 2.22 bits per heavy atom. The van der Waals surface area contributed by atoms with E-state index in [1.807, 2.05) is 0 Å². The van der Waals surface area contributed by atoms with Crippen molar-refractivity contribution >= 4 is 11.9 Å². The highest BCUT2D eigenvalue weighted by molar-refractivity contribution is 5.92. The van der Waals surface area contributed by atoms with Gasteiger partial charge in [-0.3, -0.25) is 4.79 Å². The maximum atomic E-state index is 12.0. The Labute approximate surface area is 129 Å². The molecule has 0 fully saturated rings. The van der Waals surface area contributed by atoms with E-state index < -0.39 is 41.4 Å². The van der Waals surface area contributed by atoms with Crippen LogP contribution in [0.25, 0.3) is 0 Å². The number of carboxylic acid groups (broad SMARTS) is 1. The van der Waals surface area contributed by atoms with Gasteiger partial charge in [-0.25, -0.2) is 4.79 Å². The number of phenolic OH excluding ortho intramolecular Hbond substituents is 4. The predicted octanol–water partition coefficient (Wildman–Crippen LogP) is 1.36. The molecule has 2 rings (SSSR count). The van der Waals surface area contributed by atoms with Crippen LogP contribution in [-0.2, 0) is 11.2 Å². The van der Waals surface area contributed by atoms with Crippen molar-refractivity contribution in [2.45, 2.75) is 6.42 Å². The molecule has 2 aromatic carbocycles. The third kappa shape index (κ3) is 3.62. The van der Waals surface area contributed by atoms with Crippen molar-refractivity contribution in [3.05, 3.63) is 41.5 Å². The Hall–Kier alpha value is -3.42. The summed E-state index contributed by atoms with van der Waals surface area (Å²) in [7, 11) is 0. The summed E-state index contributed by atoms with van der Waals surface area (Å²) in [4.78, 5) is 22.8. The molecule has 5 N–H and O–H groups in total. The van der Waals surface area contributed by atoms with E-state index in [4.69, 9.17) is 9.84 Å². The molecule has 0 saturated carbocycles. The SMILES string of the molecule is O=C(O)Cc1c(O)cc(O)cc1OC(=O)c1ccc(O)c(O)c1. The van der Waals surface area contributed by atoms with Crippen LogP contribution in [0.15, 0.2) is 30.3 Å². The Kier molecular flexibility index (Phi) is 4.26. The molecule has 0 radical (unpaired) electrons. The van der Waals surface area contributed by atoms with Crippen molar-refractivity contribution in [3.8, 4) is 28.7 Å². The fourth-order valence-electron chi connectivity index (χ4n) is 1.85. The first-order chi connectivity index (χ1) is 10.8. The van der Waals surface area contributed by atoms with Crippen molar-refractivity contribution in [1.82, 2.24) is 0 Å². The average molecular weight is 320 g/mol. The number of ether oxygens (including phenoxy) is 1. The van der Waals surface area contributed by atoms with E-state index in [0.717, 1.165) is 24.3 Å². The Balaban J connectivity index is 2.36. The number of rotatable bonds is 4. The number of hydrogen-bond acceptors (Lipinski definition) is 7. The monoisotopic (exact) mass is 320 g/mol. The van der Waals surface area contributed by atoms with Gasteiger partial charge in [0.1, 0.15) is 17.2 Å². The van der Waals surface area contributed by atoms with Gasteiger partial charge >= 0.3 is 11.9 Å². The van der Waals surface area contributed by atoms with Gasteiger partial charge in [0.2, 0.25) is 0 Å². The highest BCUT2D eigenvalue weighted by atomic mass is 16.5. The van der Waals surface area contributed by atoms with Gasteiger partial charge in [0.25, 0.3) is 0 Å². The molecular formula is C15H12O8. The summed E-state index contributed by atoms with van der Waals surface area (Å²) in [6.07, 6.45) is -0.629. The average Bonchev–Trinajstić information content (AvgIpc) is 2.45. The van der Waals surface area contributed by atoms with Crippen LogP contribution < -0.4 is 4.74 Å². The van der Waals surface area contributed by atoms with Crippen LogP contribution in [0.4, 0.5) is 0 Å². The number of hydrogen-bond donors (Lipinski definition) is 5. The fourth-order valence-corrected chi connectivity index (χ4v) is 1.85. The van der Waals surface area contributed by atoms with Gasteiger partial charge in [0.05, 0.1) is 12.0 Å². The molecule has 8 heteroatoms. The molecule has 120 valence electrons. The van der Waals surface area contributed by atoms with Crippen molar-refractivity contribution in [1.29, 1.82) is 0 Å². The predicted molar refractivity (Wildman–Crippen MR) is 75.8 cm³/mol. The minimum Gasteiger partial charge on any atom is -0.508 e. The number of benzene rings is 2. The molecule has 2 aromatic rings. The molecule has 0 unspecified atom stereocenters. The molecule has 0 spiro atoms.